The highest BCUT2D eigenvalue weighted by Crippen LogP contribution is 2.04. The Balaban J connectivity index is 2.15. The van der Waals surface area contributed by atoms with Gasteiger partial charge in [0.25, 0.3) is 0 Å². The molecule has 4 heteroatoms. The summed E-state index contributed by atoms with van der Waals surface area (Å²) in [7, 11) is 0. The van der Waals surface area contributed by atoms with Crippen molar-refractivity contribution in [1.29, 1.82) is 0 Å². The zero-order chi connectivity index (χ0) is 11.1. The highest BCUT2D eigenvalue weighted by molar-refractivity contribution is 5.69. The highest BCUT2D eigenvalue weighted by Gasteiger charge is 2.09. The van der Waals surface area contributed by atoms with E-state index in [1.165, 1.54) is 0 Å². The highest BCUT2D eigenvalue weighted by atomic mass is 16.5. The zero-order valence-electron chi connectivity index (χ0n) is 8.64. The molecule has 0 saturated heterocycles. The second-order valence-corrected chi connectivity index (χ2v) is 3.30. The molecule has 0 aromatic heterocycles. The number of ether oxygens (including phenoxy) is 1. The van der Waals surface area contributed by atoms with Crippen molar-refractivity contribution in [3.63, 3.8) is 0 Å². The van der Waals surface area contributed by atoms with Crippen molar-refractivity contribution in [2.75, 3.05) is 18.7 Å². The summed E-state index contributed by atoms with van der Waals surface area (Å²) < 4.78 is 5.17. The average Bonchev–Trinajstić information content (AvgIpc) is 2.25. The molecule has 4 nitrogen and oxygen atoms in total. The fraction of sp³-hybridized carbons (Fsp3) is 0.364. The Kier molecular flexibility index (Phi) is 4.63. The van der Waals surface area contributed by atoms with Gasteiger partial charge in [-0.15, -0.1) is 0 Å². The number of carboxylic acids is 1. The van der Waals surface area contributed by atoms with Crippen molar-refractivity contribution in [3.05, 3.63) is 30.3 Å². The van der Waals surface area contributed by atoms with E-state index in [9.17, 15) is 4.79 Å². The summed E-state index contributed by atoms with van der Waals surface area (Å²) in [5.74, 6) is -1.31. The van der Waals surface area contributed by atoms with Gasteiger partial charge in [-0.1, -0.05) is 18.2 Å². The van der Waals surface area contributed by atoms with Gasteiger partial charge in [0.1, 0.15) is 6.73 Å². The molecule has 1 atom stereocenters. The predicted molar refractivity (Wildman–Crippen MR) is 57.7 cm³/mol. The topological polar surface area (TPSA) is 58.6 Å². The number of carboxylic acid groups (broad SMARTS) is 1. The quantitative estimate of drug-likeness (QED) is 0.554. The van der Waals surface area contributed by atoms with Crippen LogP contribution < -0.4 is 5.32 Å². The molecule has 2 N–H and O–H groups in total. The van der Waals surface area contributed by atoms with E-state index in [2.05, 4.69) is 5.32 Å². The lowest BCUT2D eigenvalue weighted by molar-refractivity contribution is -0.143. The number of hydrogen-bond acceptors (Lipinski definition) is 3. The minimum atomic E-state index is -0.838. The number of aliphatic carboxylic acids is 1. The summed E-state index contributed by atoms with van der Waals surface area (Å²) in [6.45, 7) is 2.15. The number of benzene rings is 1. The van der Waals surface area contributed by atoms with Crippen LogP contribution in [0.25, 0.3) is 0 Å². The molecular weight excluding hydrogens is 194 g/mol. The van der Waals surface area contributed by atoms with Crippen LogP contribution in [0.2, 0.25) is 0 Å². The van der Waals surface area contributed by atoms with E-state index in [4.69, 9.17) is 9.84 Å². The summed E-state index contributed by atoms with van der Waals surface area (Å²) in [5.41, 5.74) is 0.959. The molecule has 1 aromatic carbocycles. The van der Waals surface area contributed by atoms with Gasteiger partial charge < -0.3 is 15.2 Å². The van der Waals surface area contributed by atoms with E-state index < -0.39 is 11.9 Å². The second-order valence-electron chi connectivity index (χ2n) is 3.30. The lowest BCUT2D eigenvalue weighted by Gasteiger charge is -2.09. The van der Waals surface area contributed by atoms with Gasteiger partial charge in [-0.05, 0) is 19.1 Å². The SMILES string of the molecule is C[C@H](COCNc1ccccc1)C(=O)O. The van der Waals surface area contributed by atoms with Crippen LogP contribution in [-0.2, 0) is 9.53 Å². The second kappa shape index (κ2) is 6.03. The zero-order valence-corrected chi connectivity index (χ0v) is 8.64. The molecule has 82 valence electrons. The molecule has 0 unspecified atom stereocenters. The number of hydrogen-bond donors (Lipinski definition) is 2. The minimum absolute atomic E-state index is 0.217. The minimum Gasteiger partial charge on any atom is -0.481 e. The van der Waals surface area contributed by atoms with Crippen molar-refractivity contribution in [3.8, 4) is 0 Å². The van der Waals surface area contributed by atoms with Crippen molar-refractivity contribution in [2.24, 2.45) is 5.92 Å². The third-order valence-electron chi connectivity index (χ3n) is 1.94. The van der Waals surface area contributed by atoms with Crippen molar-refractivity contribution in [2.45, 2.75) is 6.92 Å². The Morgan fingerprint density at radius 2 is 2.13 bits per heavy atom. The van der Waals surface area contributed by atoms with Crippen LogP contribution in [0.4, 0.5) is 5.69 Å². The third-order valence-corrected chi connectivity index (χ3v) is 1.94. The molecule has 0 aliphatic carbocycles. The first-order chi connectivity index (χ1) is 7.20. The lowest BCUT2D eigenvalue weighted by atomic mass is 10.2. The van der Waals surface area contributed by atoms with Gasteiger partial charge >= 0.3 is 5.97 Å². The van der Waals surface area contributed by atoms with Crippen molar-refractivity contribution >= 4 is 11.7 Å². The van der Waals surface area contributed by atoms with E-state index in [0.29, 0.717) is 6.73 Å². The molecule has 0 amide bonds. The van der Waals surface area contributed by atoms with E-state index >= 15 is 0 Å². The molecule has 0 fully saturated rings. The van der Waals surface area contributed by atoms with Gasteiger partial charge in [0, 0.05) is 5.69 Å². The van der Waals surface area contributed by atoms with Gasteiger partial charge in [-0.2, -0.15) is 0 Å². The molecule has 0 aliphatic rings. The average molecular weight is 209 g/mol. The Morgan fingerprint density at radius 1 is 1.47 bits per heavy atom. The van der Waals surface area contributed by atoms with Gasteiger partial charge in [-0.3, -0.25) is 4.79 Å². The molecular formula is C11H15NO3. The molecule has 1 rings (SSSR count). The number of carbonyl (C=O) groups is 1. The van der Waals surface area contributed by atoms with Crippen LogP contribution in [0.3, 0.4) is 0 Å². The number of rotatable bonds is 6. The maximum atomic E-state index is 10.5. The standard InChI is InChI=1S/C11H15NO3/c1-9(11(13)14)7-15-8-12-10-5-3-2-4-6-10/h2-6,9,12H,7-8H2,1H3,(H,13,14)/t9-/m1/s1. The molecule has 0 saturated carbocycles. The van der Waals surface area contributed by atoms with Crippen LogP contribution >= 0.6 is 0 Å². The van der Waals surface area contributed by atoms with Gasteiger partial charge in [0.05, 0.1) is 12.5 Å². The Morgan fingerprint density at radius 3 is 2.73 bits per heavy atom. The fourth-order valence-electron chi connectivity index (χ4n) is 0.997. The van der Waals surface area contributed by atoms with E-state index in [1.807, 2.05) is 30.3 Å². The van der Waals surface area contributed by atoms with Crippen LogP contribution in [0, 0.1) is 5.92 Å². The van der Waals surface area contributed by atoms with Gasteiger partial charge in [0.2, 0.25) is 0 Å². The molecule has 1 aromatic rings. The first-order valence-corrected chi connectivity index (χ1v) is 4.79. The lowest BCUT2D eigenvalue weighted by Crippen LogP contribution is -2.18. The fourth-order valence-corrected chi connectivity index (χ4v) is 0.997. The Labute approximate surface area is 88.9 Å². The normalized spacial score (nSPS) is 12.1. The number of nitrogens with one attached hydrogen (secondary N) is 1. The largest absolute Gasteiger partial charge is 0.481 e. The first kappa shape index (κ1) is 11.5. The summed E-state index contributed by atoms with van der Waals surface area (Å²) >= 11 is 0. The summed E-state index contributed by atoms with van der Waals surface area (Å²) in [6, 6.07) is 9.61. The van der Waals surface area contributed by atoms with Crippen molar-refractivity contribution in [1.82, 2.24) is 0 Å². The predicted octanol–water partition coefficient (Wildman–Crippen LogP) is 1.79. The summed E-state index contributed by atoms with van der Waals surface area (Å²) in [5, 5.41) is 11.6. The molecule has 0 heterocycles. The maximum Gasteiger partial charge on any atom is 0.308 e. The molecule has 0 aliphatic heterocycles. The monoisotopic (exact) mass is 209 g/mol. The first-order valence-electron chi connectivity index (χ1n) is 4.79. The van der Waals surface area contributed by atoms with Gasteiger partial charge in [-0.25, -0.2) is 0 Å². The van der Waals surface area contributed by atoms with Crippen LogP contribution in [0.1, 0.15) is 6.92 Å². The molecule has 15 heavy (non-hydrogen) atoms. The van der Waals surface area contributed by atoms with Crippen LogP contribution in [0.15, 0.2) is 30.3 Å². The van der Waals surface area contributed by atoms with Crippen LogP contribution in [-0.4, -0.2) is 24.4 Å². The Bertz CT molecular complexity index is 300. The van der Waals surface area contributed by atoms with Crippen molar-refractivity contribution < 1.29 is 14.6 Å². The van der Waals surface area contributed by atoms with E-state index in [0.717, 1.165) is 5.69 Å². The Hall–Kier alpha value is -1.55. The maximum absolute atomic E-state index is 10.5. The summed E-state index contributed by atoms with van der Waals surface area (Å²) in [6.07, 6.45) is 0. The smallest absolute Gasteiger partial charge is 0.308 e. The van der Waals surface area contributed by atoms with Crippen LogP contribution in [0.5, 0.6) is 0 Å². The number of anilines is 1. The van der Waals surface area contributed by atoms with E-state index in [-0.39, 0.29) is 6.61 Å². The third kappa shape index (κ3) is 4.46. The number of para-hydroxylation sites is 1. The van der Waals surface area contributed by atoms with E-state index in [1.54, 1.807) is 6.92 Å². The summed E-state index contributed by atoms with van der Waals surface area (Å²) in [4.78, 5) is 10.5. The molecule has 0 spiro atoms. The molecule has 0 bridgehead atoms. The molecule has 0 radical (unpaired) electrons. The van der Waals surface area contributed by atoms with Gasteiger partial charge in [0.15, 0.2) is 0 Å².